The van der Waals surface area contributed by atoms with Crippen molar-refractivity contribution >= 4 is 0 Å². The molecule has 2 N–H and O–H groups in total. The normalized spacial score (nSPS) is 27.4. The summed E-state index contributed by atoms with van der Waals surface area (Å²) in [6.07, 6.45) is 9.24. The van der Waals surface area contributed by atoms with E-state index in [2.05, 4.69) is 30.3 Å². The molecule has 17 heavy (non-hydrogen) atoms. The van der Waals surface area contributed by atoms with Crippen LogP contribution in [-0.2, 0) is 0 Å². The SMILES string of the molecule is CC(C)C(N)c1cncn1C1CCCCC1C. The van der Waals surface area contributed by atoms with E-state index in [-0.39, 0.29) is 6.04 Å². The van der Waals surface area contributed by atoms with Gasteiger partial charge >= 0.3 is 0 Å². The highest BCUT2D eigenvalue weighted by molar-refractivity contribution is 5.07. The Labute approximate surface area is 104 Å². The molecule has 0 spiro atoms. The zero-order valence-electron chi connectivity index (χ0n) is 11.3. The molecule has 3 atom stereocenters. The van der Waals surface area contributed by atoms with Crippen molar-refractivity contribution in [1.82, 2.24) is 9.55 Å². The molecule has 3 unspecified atom stereocenters. The summed E-state index contributed by atoms with van der Waals surface area (Å²) in [6, 6.07) is 0.706. The third-order valence-electron chi connectivity index (χ3n) is 4.18. The molecule has 0 bridgehead atoms. The lowest BCUT2D eigenvalue weighted by molar-refractivity contribution is 0.248. The smallest absolute Gasteiger partial charge is 0.0951 e. The van der Waals surface area contributed by atoms with Crippen molar-refractivity contribution in [3.8, 4) is 0 Å². The van der Waals surface area contributed by atoms with Crippen molar-refractivity contribution < 1.29 is 0 Å². The van der Waals surface area contributed by atoms with Gasteiger partial charge in [-0.2, -0.15) is 0 Å². The highest BCUT2D eigenvalue weighted by Crippen LogP contribution is 2.35. The summed E-state index contributed by atoms with van der Waals surface area (Å²) >= 11 is 0. The van der Waals surface area contributed by atoms with Crippen molar-refractivity contribution in [2.24, 2.45) is 17.6 Å². The maximum Gasteiger partial charge on any atom is 0.0951 e. The Morgan fingerprint density at radius 2 is 2.06 bits per heavy atom. The van der Waals surface area contributed by atoms with Crippen molar-refractivity contribution in [3.05, 3.63) is 18.2 Å². The molecule has 96 valence electrons. The summed E-state index contributed by atoms with van der Waals surface area (Å²) in [7, 11) is 0. The molecule has 0 aromatic carbocycles. The molecule has 1 aromatic heterocycles. The van der Waals surface area contributed by atoms with E-state index in [0.717, 1.165) is 5.92 Å². The molecular formula is C14H25N3. The average molecular weight is 235 g/mol. The number of imidazole rings is 1. The third-order valence-corrected chi connectivity index (χ3v) is 4.18. The molecule has 3 nitrogen and oxygen atoms in total. The highest BCUT2D eigenvalue weighted by Gasteiger charge is 2.26. The summed E-state index contributed by atoms with van der Waals surface area (Å²) in [5.74, 6) is 1.21. The van der Waals surface area contributed by atoms with Gasteiger partial charge in [0.05, 0.1) is 12.0 Å². The highest BCUT2D eigenvalue weighted by atomic mass is 15.1. The van der Waals surface area contributed by atoms with Gasteiger partial charge in [-0.05, 0) is 24.7 Å². The first-order valence-electron chi connectivity index (χ1n) is 6.88. The molecule has 3 heteroatoms. The summed E-state index contributed by atoms with van der Waals surface area (Å²) in [5, 5.41) is 0. The Hall–Kier alpha value is -0.830. The van der Waals surface area contributed by atoms with Crippen LogP contribution in [0.4, 0.5) is 0 Å². The molecule has 0 saturated heterocycles. The van der Waals surface area contributed by atoms with Crippen LogP contribution in [0.3, 0.4) is 0 Å². The van der Waals surface area contributed by atoms with E-state index in [1.807, 2.05) is 12.5 Å². The lowest BCUT2D eigenvalue weighted by atomic mass is 9.85. The van der Waals surface area contributed by atoms with Crippen molar-refractivity contribution in [1.29, 1.82) is 0 Å². The fourth-order valence-corrected chi connectivity index (χ4v) is 2.90. The van der Waals surface area contributed by atoms with Crippen LogP contribution in [-0.4, -0.2) is 9.55 Å². The summed E-state index contributed by atoms with van der Waals surface area (Å²) in [5.41, 5.74) is 7.48. The van der Waals surface area contributed by atoms with Crippen LogP contribution < -0.4 is 5.73 Å². The van der Waals surface area contributed by atoms with Crippen LogP contribution >= 0.6 is 0 Å². The van der Waals surface area contributed by atoms with Gasteiger partial charge in [-0.1, -0.05) is 33.6 Å². The molecule has 1 aliphatic carbocycles. The largest absolute Gasteiger partial charge is 0.330 e. The molecule has 2 rings (SSSR count). The van der Waals surface area contributed by atoms with Crippen molar-refractivity contribution in [3.63, 3.8) is 0 Å². The first-order valence-corrected chi connectivity index (χ1v) is 6.88. The van der Waals surface area contributed by atoms with Gasteiger partial charge in [0.1, 0.15) is 0 Å². The molecule has 0 amide bonds. The maximum absolute atomic E-state index is 6.27. The van der Waals surface area contributed by atoms with Crippen LogP contribution in [0, 0.1) is 11.8 Å². The van der Waals surface area contributed by atoms with Gasteiger partial charge in [-0.3, -0.25) is 0 Å². The Morgan fingerprint density at radius 1 is 1.35 bits per heavy atom. The van der Waals surface area contributed by atoms with Gasteiger partial charge in [0.2, 0.25) is 0 Å². The third kappa shape index (κ3) is 2.54. The van der Waals surface area contributed by atoms with E-state index in [1.165, 1.54) is 31.4 Å². The molecule has 1 aliphatic rings. The monoisotopic (exact) mass is 235 g/mol. The minimum absolute atomic E-state index is 0.103. The predicted octanol–water partition coefficient (Wildman–Crippen LogP) is 3.29. The maximum atomic E-state index is 6.27. The standard InChI is InChI=1S/C14H25N3/c1-10(2)14(15)13-8-16-9-17(13)12-7-5-4-6-11(12)3/h8-12,14H,4-7,15H2,1-3H3. The van der Waals surface area contributed by atoms with Crippen LogP contribution in [0.2, 0.25) is 0 Å². The number of nitrogens with zero attached hydrogens (tertiary/aromatic N) is 2. The molecule has 1 aromatic rings. The van der Waals surface area contributed by atoms with Crippen LogP contribution in [0.1, 0.15) is 64.2 Å². The number of aromatic nitrogens is 2. The summed E-state index contributed by atoms with van der Waals surface area (Å²) in [6.45, 7) is 6.70. The second kappa shape index (κ2) is 5.21. The second-order valence-corrected chi connectivity index (χ2v) is 5.82. The first kappa shape index (κ1) is 12.6. The van der Waals surface area contributed by atoms with E-state index < -0.39 is 0 Å². The van der Waals surface area contributed by atoms with Gasteiger partial charge in [-0.15, -0.1) is 0 Å². The number of nitrogens with two attached hydrogens (primary N) is 1. The van der Waals surface area contributed by atoms with Gasteiger partial charge < -0.3 is 10.3 Å². The Balaban J connectivity index is 2.23. The van der Waals surface area contributed by atoms with Crippen molar-refractivity contribution in [2.45, 2.75) is 58.5 Å². The van der Waals surface area contributed by atoms with E-state index >= 15 is 0 Å². The first-order chi connectivity index (χ1) is 8.11. The molecule has 1 heterocycles. The van der Waals surface area contributed by atoms with E-state index in [0.29, 0.717) is 12.0 Å². The molecular weight excluding hydrogens is 210 g/mol. The topological polar surface area (TPSA) is 43.8 Å². The van der Waals surface area contributed by atoms with Gasteiger partial charge in [0.25, 0.3) is 0 Å². The second-order valence-electron chi connectivity index (χ2n) is 5.82. The van der Waals surface area contributed by atoms with E-state index in [1.54, 1.807) is 0 Å². The minimum Gasteiger partial charge on any atom is -0.330 e. The Bertz CT molecular complexity index is 356. The van der Waals surface area contributed by atoms with Crippen LogP contribution in [0.15, 0.2) is 12.5 Å². The van der Waals surface area contributed by atoms with Gasteiger partial charge in [0.15, 0.2) is 0 Å². The number of hydrogen-bond donors (Lipinski definition) is 1. The predicted molar refractivity (Wildman–Crippen MR) is 70.7 cm³/mol. The van der Waals surface area contributed by atoms with Crippen LogP contribution in [0.25, 0.3) is 0 Å². The number of hydrogen-bond acceptors (Lipinski definition) is 2. The summed E-state index contributed by atoms with van der Waals surface area (Å²) in [4.78, 5) is 4.32. The zero-order chi connectivity index (χ0) is 12.4. The minimum atomic E-state index is 0.103. The van der Waals surface area contributed by atoms with Gasteiger partial charge in [0, 0.05) is 18.3 Å². The van der Waals surface area contributed by atoms with Crippen molar-refractivity contribution in [2.75, 3.05) is 0 Å². The summed E-state index contributed by atoms with van der Waals surface area (Å²) < 4.78 is 2.34. The quantitative estimate of drug-likeness (QED) is 0.873. The fourth-order valence-electron chi connectivity index (χ4n) is 2.90. The molecule has 0 aliphatic heterocycles. The molecule has 1 saturated carbocycles. The molecule has 0 radical (unpaired) electrons. The number of rotatable bonds is 3. The van der Waals surface area contributed by atoms with Crippen LogP contribution in [0.5, 0.6) is 0 Å². The van der Waals surface area contributed by atoms with E-state index in [4.69, 9.17) is 5.73 Å². The lowest BCUT2D eigenvalue weighted by Crippen LogP contribution is -2.26. The average Bonchev–Trinajstić information content (AvgIpc) is 2.77. The lowest BCUT2D eigenvalue weighted by Gasteiger charge is -2.32. The molecule has 1 fully saturated rings. The van der Waals surface area contributed by atoms with E-state index in [9.17, 15) is 0 Å². The van der Waals surface area contributed by atoms with Gasteiger partial charge in [-0.25, -0.2) is 4.98 Å². The Morgan fingerprint density at radius 3 is 2.71 bits per heavy atom. The zero-order valence-corrected chi connectivity index (χ0v) is 11.3. The fraction of sp³-hybridized carbons (Fsp3) is 0.786. The Kier molecular flexibility index (Phi) is 3.87.